The molecule has 15 heteroatoms. The summed E-state index contributed by atoms with van der Waals surface area (Å²) in [6.45, 7) is 2.80. The molecule has 0 heterocycles. The lowest BCUT2D eigenvalue weighted by Crippen LogP contribution is -2.28. The minimum absolute atomic E-state index is 0.131. The third kappa shape index (κ3) is 10.5. The van der Waals surface area contributed by atoms with Gasteiger partial charge in [0.05, 0.1) is 27.8 Å². The number of aryl methyl sites for hydroxylation is 2. The number of carbonyl (C=O) groups excluding carboxylic acids is 2. The predicted molar refractivity (Wildman–Crippen MR) is 199 cm³/mol. The quantitative estimate of drug-likeness (QED) is 0.0910. The number of alkyl halides is 6. The van der Waals surface area contributed by atoms with E-state index in [-0.39, 0.29) is 23.6 Å². The maximum absolute atomic E-state index is 14.0. The monoisotopic (exact) mass is 802 g/mol. The molecule has 7 nitrogen and oxygen atoms in total. The Morgan fingerprint density at radius 1 is 0.727 bits per heavy atom. The van der Waals surface area contributed by atoms with E-state index < -0.39 is 57.1 Å². The number of rotatable bonds is 11. The Kier molecular flexibility index (Phi) is 12.1. The van der Waals surface area contributed by atoms with E-state index in [4.69, 9.17) is 16.2 Å². The van der Waals surface area contributed by atoms with Gasteiger partial charge in [-0.3, -0.25) is 14.1 Å². The fraction of sp³-hybridized carbons (Fsp3) is 0.200. The van der Waals surface area contributed by atoms with E-state index in [2.05, 4.69) is 10.6 Å². The molecular formula is C40H33ClF6N2O5S. The largest absolute Gasteiger partial charge is 0.416 e. The summed E-state index contributed by atoms with van der Waals surface area (Å²) in [5.74, 6) is -2.54. The zero-order valence-corrected chi connectivity index (χ0v) is 30.7. The third-order valence-corrected chi connectivity index (χ3v) is 9.91. The molecule has 0 aromatic heterocycles. The first-order valence-corrected chi connectivity index (χ1v) is 18.6. The molecule has 288 valence electrons. The van der Waals surface area contributed by atoms with Crippen molar-refractivity contribution in [3.8, 4) is 22.3 Å². The van der Waals surface area contributed by atoms with Crippen molar-refractivity contribution >= 4 is 39.2 Å². The lowest BCUT2D eigenvalue weighted by Gasteiger charge is -2.19. The highest BCUT2D eigenvalue weighted by atomic mass is 35.5. The van der Waals surface area contributed by atoms with Crippen LogP contribution in [0.5, 0.6) is 0 Å². The Balaban J connectivity index is 1.41. The van der Waals surface area contributed by atoms with Crippen LogP contribution in [0.1, 0.15) is 49.7 Å². The Labute approximate surface area is 318 Å². The average Bonchev–Trinajstić information content (AvgIpc) is 3.10. The van der Waals surface area contributed by atoms with Gasteiger partial charge in [0.1, 0.15) is 0 Å². The standard InChI is InChI=1S/C40H33ClF6N2O5S/c1-23-19-29(39(42,43)44)11-14-32(23)26-7-9-27(10-8-26)35(21-25-3-5-28(6-4-25)37(50)48-17-18-55(52,53)54)38(51)49-31-13-16-34(36(41)22-31)33-15-12-30(20-24(33)2)40(45,46)47/h3-16,19-20,22,35H,17-18,21H2,1-2H3,(H,48,50)(H,49,51)(H,52,53,54). The van der Waals surface area contributed by atoms with Crippen LogP contribution >= 0.6 is 11.6 Å². The van der Waals surface area contributed by atoms with Crippen LogP contribution in [0.15, 0.2) is 103 Å². The van der Waals surface area contributed by atoms with Crippen molar-refractivity contribution in [1.82, 2.24) is 5.32 Å². The van der Waals surface area contributed by atoms with Gasteiger partial charge in [-0.05, 0) is 108 Å². The number of hydrogen-bond acceptors (Lipinski definition) is 4. The molecule has 0 aliphatic rings. The molecule has 5 rings (SSSR count). The van der Waals surface area contributed by atoms with Gasteiger partial charge in [-0.15, -0.1) is 0 Å². The maximum atomic E-state index is 14.0. The molecule has 0 fully saturated rings. The van der Waals surface area contributed by atoms with Gasteiger partial charge in [0.2, 0.25) is 5.91 Å². The van der Waals surface area contributed by atoms with Crippen LogP contribution in [0.4, 0.5) is 32.0 Å². The Morgan fingerprint density at radius 2 is 1.27 bits per heavy atom. The first-order valence-electron chi connectivity index (χ1n) is 16.6. The number of halogens is 7. The number of amides is 2. The summed E-state index contributed by atoms with van der Waals surface area (Å²) in [6.07, 6.45) is -8.87. The minimum atomic E-state index is -4.51. The van der Waals surface area contributed by atoms with Crippen molar-refractivity contribution in [1.29, 1.82) is 0 Å². The molecule has 0 bridgehead atoms. The van der Waals surface area contributed by atoms with E-state index in [1.165, 1.54) is 37.3 Å². The van der Waals surface area contributed by atoms with Gasteiger partial charge in [0, 0.05) is 23.4 Å². The van der Waals surface area contributed by atoms with Crippen molar-refractivity contribution in [2.24, 2.45) is 0 Å². The van der Waals surface area contributed by atoms with Gasteiger partial charge in [-0.1, -0.05) is 66.2 Å². The highest BCUT2D eigenvalue weighted by Crippen LogP contribution is 2.37. The van der Waals surface area contributed by atoms with Crippen LogP contribution < -0.4 is 10.6 Å². The van der Waals surface area contributed by atoms with Crippen molar-refractivity contribution in [2.75, 3.05) is 17.6 Å². The third-order valence-electron chi connectivity index (χ3n) is 8.88. The van der Waals surface area contributed by atoms with E-state index in [1.54, 1.807) is 55.5 Å². The molecule has 1 atom stereocenters. The molecule has 0 saturated heterocycles. The van der Waals surface area contributed by atoms with E-state index in [9.17, 15) is 44.3 Å². The van der Waals surface area contributed by atoms with Gasteiger partial charge in [0.15, 0.2) is 0 Å². The van der Waals surface area contributed by atoms with Crippen LogP contribution in [-0.2, 0) is 33.7 Å². The summed E-state index contributed by atoms with van der Waals surface area (Å²) >= 11 is 6.58. The number of anilines is 1. The smallest absolute Gasteiger partial charge is 0.351 e. The average molecular weight is 803 g/mol. The molecular weight excluding hydrogens is 770 g/mol. The zero-order chi connectivity index (χ0) is 40.3. The maximum Gasteiger partial charge on any atom is 0.416 e. The van der Waals surface area contributed by atoms with Crippen LogP contribution in [-0.4, -0.2) is 37.1 Å². The SMILES string of the molecule is Cc1cc(C(F)(F)F)ccc1-c1ccc(C(Cc2ccc(C(=O)NCCS(=O)(=O)O)cc2)C(=O)Nc2ccc(-c3ccc(C(F)(F)F)cc3C)c(Cl)c2)cc1. The van der Waals surface area contributed by atoms with Crippen molar-refractivity contribution in [3.05, 3.63) is 147 Å². The normalized spacial score (nSPS) is 12.6. The predicted octanol–water partition coefficient (Wildman–Crippen LogP) is 9.91. The van der Waals surface area contributed by atoms with Crippen LogP contribution in [0.2, 0.25) is 5.02 Å². The van der Waals surface area contributed by atoms with Crippen molar-refractivity contribution in [3.63, 3.8) is 0 Å². The summed E-state index contributed by atoms with van der Waals surface area (Å²) in [5, 5.41) is 5.43. The lowest BCUT2D eigenvalue weighted by atomic mass is 9.89. The number of carbonyl (C=O) groups is 2. The van der Waals surface area contributed by atoms with Gasteiger partial charge >= 0.3 is 12.4 Å². The topological polar surface area (TPSA) is 113 Å². The molecule has 0 aliphatic carbocycles. The molecule has 3 N–H and O–H groups in total. The molecule has 0 aliphatic heterocycles. The molecule has 0 saturated carbocycles. The zero-order valence-electron chi connectivity index (χ0n) is 29.1. The molecule has 0 radical (unpaired) electrons. The minimum Gasteiger partial charge on any atom is -0.351 e. The van der Waals surface area contributed by atoms with E-state index in [0.29, 0.717) is 50.2 Å². The van der Waals surface area contributed by atoms with Crippen LogP contribution in [0.25, 0.3) is 22.3 Å². The second-order valence-electron chi connectivity index (χ2n) is 12.9. The Morgan fingerprint density at radius 3 is 1.78 bits per heavy atom. The van der Waals surface area contributed by atoms with Crippen LogP contribution in [0, 0.1) is 13.8 Å². The molecule has 0 spiro atoms. The number of nitrogens with one attached hydrogen (secondary N) is 2. The van der Waals surface area contributed by atoms with Gasteiger partial charge in [-0.2, -0.15) is 34.8 Å². The molecule has 2 amide bonds. The van der Waals surface area contributed by atoms with Crippen LogP contribution in [0.3, 0.4) is 0 Å². The number of hydrogen-bond donors (Lipinski definition) is 3. The van der Waals surface area contributed by atoms with E-state index >= 15 is 0 Å². The molecule has 55 heavy (non-hydrogen) atoms. The summed E-state index contributed by atoms with van der Waals surface area (Å²) in [4.78, 5) is 26.5. The summed E-state index contributed by atoms with van der Waals surface area (Å²) in [5.41, 5.74) is 3.04. The highest BCUT2D eigenvalue weighted by molar-refractivity contribution is 7.85. The fourth-order valence-electron chi connectivity index (χ4n) is 6.03. The Hall–Kier alpha value is -5.18. The van der Waals surface area contributed by atoms with Crippen molar-refractivity contribution in [2.45, 2.75) is 38.5 Å². The van der Waals surface area contributed by atoms with E-state index in [1.807, 2.05) is 0 Å². The van der Waals surface area contributed by atoms with Gasteiger partial charge in [0.25, 0.3) is 16.0 Å². The first kappa shape index (κ1) is 41.0. The molecule has 5 aromatic carbocycles. The van der Waals surface area contributed by atoms with Crippen molar-refractivity contribution < 1.29 is 48.9 Å². The fourth-order valence-corrected chi connectivity index (χ4v) is 6.67. The Bertz CT molecular complexity index is 2330. The molecule has 1 unspecified atom stereocenters. The first-order chi connectivity index (χ1) is 25.7. The van der Waals surface area contributed by atoms with Gasteiger partial charge in [-0.25, -0.2) is 0 Å². The highest BCUT2D eigenvalue weighted by Gasteiger charge is 2.32. The lowest BCUT2D eigenvalue weighted by molar-refractivity contribution is -0.138. The summed E-state index contributed by atoms with van der Waals surface area (Å²) < 4.78 is 110. The summed E-state index contributed by atoms with van der Waals surface area (Å²) in [6, 6.07) is 24.4. The van der Waals surface area contributed by atoms with Gasteiger partial charge < -0.3 is 10.6 Å². The molecule has 5 aromatic rings. The summed E-state index contributed by atoms with van der Waals surface area (Å²) in [7, 11) is -4.27. The van der Waals surface area contributed by atoms with E-state index in [0.717, 1.165) is 24.3 Å². The number of benzene rings is 5. The second-order valence-corrected chi connectivity index (χ2v) is 14.8. The second kappa shape index (κ2) is 16.3.